The molecule has 0 atom stereocenters. The number of halogens is 1. The van der Waals surface area contributed by atoms with Gasteiger partial charge in [-0.05, 0) is 99.6 Å². The van der Waals surface area contributed by atoms with E-state index in [4.69, 9.17) is 13.9 Å². The van der Waals surface area contributed by atoms with Crippen molar-refractivity contribution in [3.05, 3.63) is 135 Å². The molecule has 0 bridgehead atoms. The Balaban J connectivity index is 1.17. The van der Waals surface area contributed by atoms with Crippen LogP contribution in [-0.2, 0) is 6.61 Å². The number of aromatic nitrogens is 1. The van der Waals surface area contributed by atoms with E-state index in [1.165, 1.54) is 6.21 Å². The summed E-state index contributed by atoms with van der Waals surface area (Å²) in [7, 11) is 0. The Morgan fingerprint density at radius 2 is 1.62 bits per heavy atom. The van der Waals surface area contributed by atoms with E-state index in [2.05, 4.69) is 57.0 Å². The zero-order valence-electron chi connectivity index (χ0n) is 23.3. The van der Waals surface area contributed by atoms with Crippen molar-refractivity contribution in [2.75, 3.05) is 0 Å². The van der Waals surface area contributed by atoms with Crippen LogP contribution in [0.3, 0.4) is 0 Å². The molecule has 0 spiro atoms. The Bertz CT molecular complexity index is 1730. The fraction of sp³-hybridized carbons (Fsp3) is 0.121. The van der Waals surface area contributed by atoms with Gasteiger partial charge in [-0.2, -0.15) is 5.10 Å². The van der Waals surface area contributed by atoms with Crippen LogP contribution in [-0.4, -0.2) is 22.7 Å². The van der Waals surface area contributed by atoms with Gasteiger partial charge in [0.15, 0.2) is 5.76 Å². The number of hydrogen-bond acceptors (Lipinski definition) is 6. The number of carbonyl (C=O) groups is 2. The minimum atomic E-state index is -0.535. The van der Waals surface area contributed by atoms with Gasteiger partial charge in [-0.3, -0.25) is 4.79 Å². The largest absolute Gasteiger partial charge is 0.486 e. The van der Waals surface area contributed by atoms with Gasteiger partial charge in [0.05, 0.1) is 11.8 Å². The van der Waals surface area contributed by atoms with Crippen molar-refractivity contribution in [3.8, 4) is 17.2 Å². The lowest BCUT2D eigenvalue weighted by atomic mass is 10.1. The summed E-state index contributed by atoms with van der Waals surface area (Å²) in [6.07, 6.45) is 1.40. The fourth-order valence-electron chi connectivity index (χ4n) is 4.28. The number of amides is 1. The van der Waals surface area contributed by atoms with Crippen molar-refractivity contribution in [2.24, 2.45) is 5.10 Å². The number of esters is 1. The highest BCUT2D eigenvalue weighted by molar-refractivity contribution is 9.10. The molecule has 212 valence electrons. The van der Waals surface area contributed by atoms with Crippen LogP contribution in [0.1, 0.15) is 49.2 Å². The highest BCUT2D eigenvalue weighted by Gasteiger charge is 2.13. The highest BCUT2D eigenvalue weighted by Crippen LogP contribution is 2.24. The third-order valence-corrected chi connectivity index (χ3v) is 6.96. The molecule has 3 aromatic carbocycles. The Morgan fingerprint density at radius 1 is 0.905 bits per heavy atom. The van der Waals surface area contributed by atoms with E-state index in [9.17, 15) is 9.59 Å². The molecule has 2 heterocycles. The topological polar surface area (TPSA) is 95.1 Å². The Hall–Kier alpha value is -4.89. The molecule has 9 heteroatoms. The van der Waals surface area contributed by atoms with E-state index in [1.54, 1.807) is 42.5 Å². The molecule has 0 saturated carbocycles. The molecule has 1 N–H and O–H groups in total. The third kappa shape index (κ3) is 6.87. The molecule has 2 aromatic heterocycles. The van der Waals surface area contributed by atoms with Crippen LogP contribution < -0.4 is 14.9 Å². The van der Waals surface area contributed by atoms with Crippen molar-refractivity contribution in [3.63, 3.8) is 0 Å². The minimum absolute atomic E-state index is 0.0833. The number of aryl methyl sites for hydroxylation is 3. The number of carbonyl (C=O) groups excluding carboxylic acids is 2. The second kappa shape index (κ2) is 12.7. The number of nitrogens with zero attached hydrogens (tertiary/aromatic N) is 2. The molecule has 0 fully saturated rings. The maximum Gasteiger partial charge on any atom is 0.343 e. The lowest BCUT2D eigenvalue weighted by Crippen LogP contribution is -2.17. The number of rotatable bonds is 9. The van der Waals surface area contributed by atoms with Crippen LogP contribution in [0.2, 0.25) is 0 Å². The number of hydrazone groups is 1. The van der Waals surface area contributed by atoms with Crippen LogP contribution in [0, 0.1) is 20.8 Å². The Labute approximate surface area is 251 Å². The minimum Gasteiger partial charge on any atom is -0.486 e. The first-order valence-electron chi connectivity index (χ1n) is 13.2. The van der Waals surface area contributed by atoms with E-state index in [0.29, 0.717) is 28.4 Å². The zero-order chi connectivity index (χ0) is 29.6. The first kappa shape index (κ1) is 28.6. The molecule has 0 aliphatic rings. The third-order valence-electron chi connectivity index (χ3n) is 6.46. The molecule has 0 unspecified atom stereocenters. The lowest BCUT2D eigenvalue weighted by molar-refractivity contribution is 0.0734. The van der Waals surface area contributed by atoms with Gasteiger partial charge in [-0.15, -0.1) is 0 Å². The van der Waals surface area contributed by atoms with Crippen LogP contribution in [0.5, 0.6) is 11.5 Å². The monoisotopic (exact) mass is 625 g/mol. The molecule has 5 rings (SSSR count). The van der Waals surface area contributed by atoms with Crippen LogP contribution >= 0.6 is 15.9 Å². The van der Waals surface area contributed by atoms with E-state index in [0.717, 1.165) is 27.1 Å². The zero-order valence-corrected chi connectivity index (χ0v) is 24.8. The molecule has 0 saturated heterocycles. The summed E-state index contributed by atoms with van der Waals surface area (Å²) < 4.78 is 20.0. The SMILES string of the molecule is Cc1ccc(C(=O)Oc2ccc(Br)cc2/C=N\NC(=O)c2ccc(COc3ccc(-n4c(C)ccc4C)cc3)o2)cc1. The van der Waals surface area contributed by atoms with Crippen LogP contribution in [0.25, 0.3) is 5.69 Å². The summed E-state index contributed by atoms with van der Waals surface area (Å²) in [6.45, 7) is 6.23. The van der Waals surface area contributed by atoms with Crippen LogP contribution in [0.4, 0.5) is 0 Å². The van der Waals surface area contributed by atoms with Crippen molar-refractivity contribution >= 4 is 34.0 Å². The quantitative estimate of drug-likeness (QED) is 0.0801. The van der Waals surface area contributed by atoms with Gasteiger partial charge in [0, 0.05) is 27.1 Å². The van der Waals surface area contributed by atoms with Gasteiger partial charge in [-0.1, -0.05) is 33.6 Å². The summed E-state index contributed by atoms with van der Waals surface area (Å²) in [4.78, 5) is 25.2. The molecular formula is C33H28BrN3O5. The molecule has 0 radical (unpaired) electrons. The van der Waals surface area contributed by atoms with Crippen LogP contribution in [0.15, 0.2) is 105 Å². The average molecular weight is 627 g/mol. The summed E-state index contributed by atoms with van der Waals surface area (Å²) in [6, 6.07) is 27.4. The molecular weight excluding hydrogens is 598 g/mol. The summed E-state index contributed by atoms with van der Waals surface area (Å²) >= 11 is 3.41. The van der Waals surface area contributed by atoms with Gasteiger partial charge >= 0.3 is 11.9 Å². The lowest BCUT2D eigenvalue weighted by Gasteiger charge is -2.10. The van der Waals surface area contributed by atoms with Gasteiger partial charge in [-0.25, -0.2) is 10.2 Å². The second-order valence-electron chi connectivity index (χ2n) is 9.64. The number of hydrogen-bond donors (Lipinski definition) is 1. The predicted octanol–water partition coefficient (Wildman–Crippen LogP) is 7.32. The maximum atomic E-state index is 12.6. The Kier molecular flexibility index (Phi) is 8.68. The smallest absolute Gasteiger partial charge is 0.343 e. The molecule has 5 aromatic rings. The van der Waals surface area contributed by atoms with Gasteiger partial charge < -0.3 is 18.5 Å². The first-order valence-corrected chi connectivity index (χ1v) is 13.9. The number of furan rings is 1. The summed E-state index contributed by atoms with van der Waals surface area (Å²) in [5.74, 6) is 0.519. The summed E-state index contributed by atoms with van der Waals surface area (Å²) in [5, 5.41) is 4.03. The maximum absolute atomic E-state index is 12.6. The number of benzene rings is 3. The van der Waals surface area contributed by atoms with Gasteiger partial charge in [0.2, 0.25) is 0 Å². The predicted molar refractivity (Wildman–Crippen MR) is 164 cm³/mol. The molecule has 0 aliphatic carbocycles. The van der Waals surface area contributed by atoms with Gasteiger partial charge in [0.25, 0.3) is 0 Å². The van der Waals surface area contributed by atoms with Crippen molar-refractivity contribution in [1.82, 2.24) is 9.99 Å². The number of nitrogens with one attached hydrogen (secondary N) is 1. The standard InChI is InChI=1S/C33H28BrN3O5/c1-21-4-8-24(9-5-21)33(39)42-30-16-10-26(34)18-25(30)19-35-36-32(38)31-17-15-29(41-31)20-40-28-13-11-27(12-14-28)37-22(2)6-7-23(37)3/h4-19H,20H2,1-3H3,(H,36,38)/b35-19-. The molecule has 0 aliphatic heterocycles. The molecule has 8 nitrogen and oxygen atoms in total. The average Bonchev–Trinajstić information content (AvgIpc) is 3.60. The number of ether oxygens (including phenoxy) is 2. The van der Waals surface area contributed by atoms with E-state index in [-0.39, 0.29) is 12.4 Å². The summed E-state index contributed by atoms with van der Waals surface area (Å²) in [5.41, 5.74) is 7.77. The van der Waals surface area contributed by atoms with Crippen molar-refractivity contribution in [2.45, 2.75) is 27.4 Å². The normalized spacial score (nSPS) is 11.0. The van der Waals surface area contributed by atoms with Crippen molar-refractivity contribution < 1.29 is 23.5 Å². The highest BCUT2D eigenvalue weighted by atomic mass is 79.9. The van der Waals surface area contributed by atoms with Gasteiger partial charge in [0.1, 0.15) is 23.9 Å². The molecule has 1 amide bonds. The second-order valence-corrected chi connectivity index (χ2v) is 10.6. The fourth-order valence-corrected chi connectivity index (χ4v) is 4.66. The van der Waals surface area contributed by atoms with E-state index >= 15 is 0 Å². The Morgan fingerprint density at radius 3 is 2.33 bits per heavy atom. The first-order chi connectivity index (χ1) is 20.3. The van der Waals surface area contributed by atoms with Crippen molar-refractivity contribution in [1.29, 1.82) is 0 Å². The molecule has 42 heavy (non-hydrogen) atoms. The van der Waals surface area contributed by atoms with E-state index in [1.807, 2.05) is 43.3 Å². The van der Waals surface area contributed by atoms with E-state index < -0.39 is 11.9 Å².